The lowest BCUT2D eigenvalue weighted by Crippen LogP contribution is -2.50. The lowest BCUT2D eigenvalue weighted by molar-refractivity contribution is -0.384. The van der Waals surface area contributed by atoms with E-state index in [1.54, 1.807) is 12.1 Å². The van der Waals surface area contributed by atoms with Gasteiger partial charge in [0.15, 0.2) is 0 Å². The maximum absolute atomic E-state index is 12.7. The van der Waals surface area contributed by atoms with Gasteiger partial charge < -0.3 is 19.9 Å². The monoisotopic (exact) mass is 498 g/mol. The topological polar surface area (TPSA) is 87.9 Å². The molecule has 1 saturated heterocycles. The minimum atomic E-state index is -0.403. The number of non-ortho nitro benzene ring substituents is 1. The molecule has 1 aliphatic heterocycles. The molecular weight excluding hydrogens is 468 g/mol. The Balaban J connectivity index is 1.18. The molecule has 0 atom stereocenters. The predicted molar refractivity (Wildman–Crippen MR) is 139 cm³/mol. The molecule has 4 rings (SSSR count). The van der Waals surface area contributed by atoms with E-state index in [1.807, 2.05) is 29.2 Å². The lowest BCUT2D eigenvalue weighted by Gasteiger charge is -2.36. The van der Waals surface area contributed by atoms with Crippen LogP contribution in [0.2, 0.25) is 5.02 Å². The molecule has 2 aromatic rings. The molecule has 8 nitrogen and oxygen atoms in total. The molecule has 1 amide bonds. The number of nitro groups is 1. The number of piperazine rings is 1. The van der Waals surface area contributed by atoms with Crippen LogP contribution in [0.25, 0.3) is 6.08 Å². The van der Waals surface area contributed by atoms with E-state index in [0.29, 0.717) is 13.1 Å². The third-order valence-electron chi connectivity index (χ3n) is 6.77. The molecular formula is C26H31ClN4O4. The first kappa shape index (κ1) is 25.0. The largest absolute Gasteiger partial charge is 0.382 e. The van der Waals surface area contributed by atoms with Crippen LogP contribution in [0.5, 0.6) is 0 Å². The number of halogens is 1. The van der Waals surface area contributed by atoms with Crippen LogP contribution >= 0.6 is 11.6 Å². The number of ether oxygens (including phenoxy) is 1. The first-order valence-electron chi connectivity index (χ1n) is 12.0. The number of anilines is 2. The van der Waals surface area contributed by atoms with Crippen molar-refractivity contribution in [2.45, 2.75) is 37.8 Å². The van der Waals surface area contributed by atoms with E-state index in [-0.39, 0.29) is 30.3 Å². The first-order chi connectivity index (χ1) is 16.9. The maximum Gasteiger partial charge on any atom is 0.270 e. The van der Waals surface area contributed by atoms with Crippen LogP contribution in [-0.2, 0) is 9.53 Å². The van der Waals surface area contributed by atoms with E-state index >= 15 is 0 Å². The van der Waals surface area contributed by atoms with Crippen molar-refractivity contribution in [1.29, 1.82) is 0 Å². The summed E-state index contributed by atoms with van der Waals surface area (Å²) < 4.78 is 5.97. The number of nitrogens with one attached hydrogen (secondary N) is 1. The zero-order valence-electron chi connectivity index (χ0n) is 19.7. The molecule has 0 radical (unpaired) electrons. The highest BCUT2D eigenvalue weighted by molar-refractivity contribution is 6.30. The maximum atomic E-state index is 12.7. The predicted octanol–water partition coefficient (Wildman–Crippen LogP) is 4.98. The van der Waals surface area contributed by atoms with Crippen molar-refractivity contribution in [2.75, 3.05) is 43.0 Å². The summed E-state index contributed by atoms with van der Waals surface area (Å²) in [5, 5.41) is 15.2. The van der Waals surface area contributed by atoms with Crippen LogP contribution in [-0.4, -0.2) is 60.7 Å². The fourth-order valence-electron chi connectivity index (χ4n) is 4.70. The number of amides is 1. The molecule has 9 heteroatoms. The van der Waals surface area contributed by atoms with Crippen molar-refractivity contribution >= 4 is 40.6 Å². The van der Waals surface area contributed by atoms with Gasteiger partial charge in [-0.2, -0.15) is 0 Å². The van der Waals surface area contributed by atoms with Gasteiger partial charge in [0, 0.05) is 66.3 Å². The molecule has 1 saturated carbocycles. The minimum Gasteiger partial charge on any atom is -0.382 e. The molecule has 2 fully saturated rings. The third kappa shape index (κ3) is 6.52. The van der Waals surface area contributed by atoms with Gasteiger partial charge in [-0.25, -0.2) is 0 Å². The van der Waals surface area contributed by atoms with Crippen LogP contribution in [0.4, 0.5) is 17.1 Å². The van der Waals surface area contributed by atoms with Crippen LogP contribution in [0, 0.1) is 10.1 Å². The Morgan fingerprint density at radius 2 is 1.80 bits per heavy atom. The summed E-state index contributed by atoms with van der Waals surface area (Å²) in [7, 11) is 0. The van der Waals surface area contributed by atoms with Crippen molar-refractivity contribution in [2.24, 2.45) is 0 Å². The van der Waals surface area contributed by atoms with Gasteiger partial charge in [-0.1, -0.05) is 24.3 Å². The van der Waals surface area contributed by atoms with E-state index in [1.165, 1.54) is 12.1 Å². The van der Waals surface area contributed by atoms with Gasteiger partial charge in [-0.3, -0.25) is 14.9 Å². The van der Waals surface area contributed by atoms with E-state index in [9.17, 15) is 14.9 Å². The van der Waals surface area contributed by atoms with Gasteiger partial charge in [0.05, 0.1) is 11.0 Å². The smallest absolute Gasteiger partial charge is 0.270 e. The number of nitro benzene ring substituents is 1. The molecule has 0 spiro atoms. The lowest BCUT2D eigenvalue weighted by atomic mass is 9.92. The first-order valence-corrected chi connectivity index (χ1v) is 12.4. The molecule has 186 valence electrons. The van der Waals surface area contributed by atoms with E-state index < -0.39 is 4.92 Å². The molecule has 2 aliphatic rings. The van der Waals surface area contributed by atoms with Crippen LogP contribution < -0.4 is 10.2 Å². The highest BCUT2D eigenvalue weighted by Gasteiger charge is 2.25. The van der Waals surface area contributed by atoms with Crippen molar-refractivity contribution in [3.8, 4) is 0 Å². The summed E-state index contributed by atoms with van der Waals surface area (Å²) in [5.74, 6) is 0.0440. The number of nitrogens with zero attached hydrogens (tertiary/aromatic N) is 3. The second-order valence-electron chi connectivity index (χ2n) is 9.01. The Bertz CT molecular complexity index is 1050. The normalized spacial score (nSPS) is 20.4. The van der Waals surface area contributed by atoms with Crippen molar-refractivity contribution < 1.29 is 14.5 Å². The van der Waals surface area contributed by atoms with Gasteiger partial charge >= 0.3 is 0 Å². The Kier molecular flexibility index (Phi) is 8.25. The van der Waals surface area contributed by atoms with Crippen LogP contribution in [0.1, 0.15) is 31.2 Å². The van der Waals surface area contributed by atoms with E-state index in [2.05, 4.69) is 16.8 Å². The Hall–Kier alpha value is -3.10. The van der Waals surface area contributed by atoms with E-state index in [0.717, 1.165) is 60.7 Å². The van der Waals surface area contributed by atoms with Gasteiger partial charge in [-0.15, -0.1) is 0 Å². The van der Waals surface area contributed by atoms with Crippen LogP contribution in [0.3, 0.4) is 0 Å². The summed E-state index contributed by atoms with van der Waals surface area (Å²) >= 11 is 5.97. The summed E-state index contributed by atoms with van der Waals surface area (Å²) in [6, 6.07) is 12.8. The standard InChI is InChI=1S/C26H31ClN4O4/c1-2-19-17-23(31(33)34)9-12-25(19)28-21-5-10-24(11-6-21)35-18-26(32)30-15-13-29(14-16-30)22-7-3-20(27)4-8-22/h2-4,7-9,12,17,21,24,28H,1,5-6,10-11,13-16,18H2. The summed E-state index contributed by atoms with van der Waals surface area (Å²) in [5.41, 5.74) is 2.75. The van der Waals surface area contributed by atoms with E-state index in [4.69, 9.17) is 16.3 Å². The molecule has 2 aromatic carbocycles. The zero-order chi connectivity index (χ0) is 24.8. The summed E-state index contributed by atoms with van der Waals surface area (Å²) in [4.78, 5) is 27.4. The number of hydrogen-bond donors (Lipinski definition) is 1. The molecule has 1 N–H and O–H groups in total. The number of hydrogen-bond acceptors (Lipinski definition) is 6. The molecule has 1 aliphatic carbocycles. The number of carbonyl (C=O) groups excluding carboxylic acids is 1. The molecule has 1 heterocycles. The molecule has 0 aromatic heterocycles. The van der Waals surface area contributed by atoms with Gasteiger partial charge in [0.2, 0.25) is 5.91 Å². The van der Waals surface area contributed by atoms with Crippen molar-refractivity contribution in [3.63, 3.8) is 0 Å². The second kappa shape index (κ2) is 11.6. The van der Waals surface area contributed by atoms with Gasteiger partial charge in [0.1, 0.15) is 6.61 Å². The molecule has 0 bridgehead atoms. The second-order valence-corrected chi connectivity index (χ2v) is 9.44. The van der Waals surface area contributed by atoms with Crippen molar-refractivity contribution in [3.05, 3.63) is 69.7 Å². The van der Waals surface area contributed by atoms with Gasteiger partial charge in [0.25, 0.3) is 5.69 Å². The van der Waals surface area contributed by atoms with Crippen molar-refractivity contribution in [1.82, 2.24) is 4.90 Å². The SMILES string of the molecule is C=Cc1cc([N+](=O)[O-])ccc1NC1CCC(OCC(=O)N2CCN(c3ccc(Cl)cc3)CC2)CC1. The molecule has 35 heavy (non-hydrogen) atoms. The fraction of sp³-hybridized carbons (Fsp3) is 0.423. The fourth-order valence-corrected chi connectivity index (χ4v) is 4.83. The third-order valence-corrected chi connectivity index (χ3v) is 7.02. The Labute approximate surface area is 210 Å². The Morgan fingerprint density at radius 1 is 1.11 bits per heavy atom. The summed E-state index contributed by atoms with van der Waals surface area (Å²) in [6.07, 6.45) is 5.25. The number of rotatable bonds is 8. The van der Waals surface area contributed by atoms with Gasteiger partial charge in [-0.05, 0) is 56.0 Å². The highest BCUT2D eigenvalue weighted by Crippen LogP contribution is 2.28. The molecule has 0 unspecified atom stereocenters. The average molecular weight is 499 g/mol. The average Bonchev–Trinajstić information content (AvgIpc) is 2.88. The Morgan fingerprint density at radius 3 is 2.43 bits per heavy atom. The number of carbonyl (C=O) groups is 1. The van der Waals surface area contributed by atoms with Crippen LogP contribution in [0.15, 0.2) is 49.0 Å². The zero-order valence-corrected chi connectivity index (χ0v) is 20.5. The highest BCUT2D eigenvalue weighted by atomic mass is 35.5. The minimum absolute atomic E-state index is 0.0440. The number of benzene rings is 2. The summed E-state index contributed by atoms with van der Waals surface area (Å²) in [6.45, 7) is 6.84. The quantitative estimate of drug-likeness (QED) is 0.408.